The topological polar surface area (TPSA) is 74.5 Å². The maximum absolute atomic E-state index is 12.6. The van der Waals surface area contributed by atoms with Crippen molar-refractivity contribution in [2.75, 3.05) is 18.1 Å². The second-order valence-corrected chi connectivity index (χ2v) is 5.57. The maximum atomic E-state index is 12.6. The number of benzene rings is 2. The molecule has 1 heterocycles. The molecule has 0 atom stereocenters. The number of carbonyl (C=O) groups excluding carboxylic acids is 1. The van der Waals surface area contributed by atoms with Gasteiger partial charge >= 0.3 is 0 Å². The molecule has 1 aliphatic heterocycles. The lowest BCUT2D eigenvalue weighted by molar-refractivity contribution is -0.112. The van der Waals surface area contributed by atoms with Crippen LogP contribution in [0, 0.1) is 0 Å². The predicted octanol–water partition coefficient (Wildman–Crippen LogP) is 3.15. The minimum atomic E-state index is -0.205. The number of rotatable bonds is 6. The summed E-state index contributed by atoms with van der Waals surface area (Å²) < 4.78 is 5.34. The van der Waals surface area contributed by atoms with Crippen LogP contribution in [0.4, 0.5) is 5.69 Å². The van der Waals surface area contributed by atoms with Crippen LogP contribution in [0.15, 0.2) is 65.3 Å². The number of ether oxygens (including phenoxy) is 1. The van der Waals surface area contributed by atoms with E-state index in [-0.39, 0.29) is 11.7 Å². The Balaban J connectivity index is 1.88. The summed E-state index contributed by atoms with van der Waals surface area (Å²) in [6.45, 7) is 6.39. The Kier molecular flexibility index (Phi) is 5.12. The third kappa shape index (κ3) is 3.35. The third-order valence-electron chi connectivity index (χ3n) is 3.86. The van der Waals surface area contributed by atoms with Crippen LogP contribution in [0.5, 0.6) is 11.5 Å². The Morgan fingerprint density at radius 1 is 1.27 bits per heavy atom. The minimum absolute atomic E-state index is 0.0651. The molecule has 0 unspecified atom stereocenters. The van der Waals surface area contributed by atoms with E-state index < -0.39 is 0 Å². The molecule has 0 aliphatic carbocycles. The van der Waals surface area contributed by atoms with Gasteiger partial charge in [0.2, 0.25) is 0 Å². The molecule has 0 aromatic heterocycles. The highest BCUT2D eigenvalue weighted by Gasteiger charge is 2.32. The lowest BCUT2D eigenvalue weighted by Crippen LogP contribution is -2.30. The molecule has 132 valence electrons. The molecule has 1 N–H and O–H groups in total. The molecule has 0 saturated heterocycles. The normalized spacial score (nSPS) is 14.9. The molecule has 0 bridgehead atoms. The van der Waals surface area contributed by atoms with Gasteiger partial charge in [-0.25, -0.2) is 0 Å². The molecule has 26 heavy (non-hydrogen) atoms. The molecule has 1 amide bonds. The summed E-state index contributed by atoms with van der Waals surface area (Å²) in [4.78, 5) is 14.2. The Hall–Kier alpha value is -3.41. The van der Waals surface area contributed by atoms with E-state index in [1.165, 1.54) is 12.3 Å². The molecule has 6 heteroatoms. The highest BCUT2D eigenvalue weighted by atomic mass is 16.5. The number of amides is 1. The fourth-order valence-corrected chi connectivity index (χ4v) is 2.70. The van der Waals surface area contributed by atoms with Crippen LogP contribution in [0.1, 0.15) is 18.1 Å². The fourth-order valence-electron chi connectivity index (χ4n) is 2.70. The molecule has 2 aromatic rings. The number of fused-ring (bicyclic) bond motifs is 1. The summed E-state index contributed by atoms with van der Waals surface area (Å²) >= 11 is 0. The summed E-state index contributed by atoms with van der Waals surface area (Å²) in [7, 11) is 0. The zero-order valence-electron chi connectivity index (χ0n) is 14.4. The lowest BCUT2D eigenvalue weighted by atomic mass is 10.1. The average Bonchev–Trinajstić information content (AvgIpc) is 2.91. The van der Waals surface area contributed by atoms with Crippen LogP contribution in [-0.2, 0) is 4.79 Å². The number of phenolic OH excluding ortho intramolecular Hbond substituents is 1. The average molecular weight is 349 g/mol. The van der Waals surface area contributed by atoms with Crippen LogP contribution in [0.25, 0.3) is 0 Å². The van der Waals surface area contributed by atoms with Crippen molar-refractivity contribution in [3.05, 3.63) is 66.2 Å². The first kappa shape index (κ1) is 17.4. The van der Waals surface area contributed by atoms with Crippen LogP contribution in [0.2, 0.25) is 0 Å². The fraction of sp³-hybridized carbons (Fsp3) is 0.150. The molecular formula is C20H19N3O3. The van der Waals surface area contributed by atoms with Crippen molar-refractivity contribution in [1.29, 1.82) is 0 Å². The summed E-state index contributed by atoms with van der Waals surface area (Å²) in [5.41, 5.74) is 2.55. The molecule has 6 nitrogen and oxygen atoms in total. The van der Waals surface area contributed by atoms with Crippen molar-refractivity contribution in [2.24, 2.45) is 10.2 Å². The summed E-state index contributed by atoms with van der Waals surface area (Å²) in [5.74, 6) is 0.239. The molecule has 0 radical (unpaired) electrons. The molecule has 0 saturated carbocycles. The molecule has 0 spiro atoms. The number of hydrogen-bond acceptors (Lipinski definition) is 5. The largest absolute Gasteiger partial charge is 0.504 e. The number of hydrogen-bond donors (Lipinski definition) is 1. The van der Waals surface area contributed by atoms with Gasteiger partial charge in [0.25, 0.3) is 5.91 Å². The number of carbonyl (C=O) groups is 1. The van der Waals surface area contributed by atoms with Gasteiger partial charge in [0.1, 0.15) is 0 Å². The number of anilines is 1. The Labute approximate surface area is 151 Å². The first-order valence-corrected chi connectivity index (χ1v) is 8.24. The molecule has 0 fully saturated rings. The maximum Gasteiger partial charge on any atom is 0.279 e. The summed E-state index contributed by atoms with van der Waals surface area (Å²) in [6, 6.07) is 12.3. The Morgan fingerprint density at radius 3 is 2.85 bits per heavy atom. The van der Waals surface area contributed by atoms with E-state index >= 15 is 0 Å². The van der Waals surface area contributed by atoms with Crippen LogP contribution < -0.4 is 9.64 Å². The molecule has 3 rings (SSSR count). The molecule has 1 aliphatic rings. The van der Waals surface area contributed by atoms with E-state index in [1.807, 2.05) is 31.2 Å². The van der Waals surface area contributed by atoms with Gasteiger partial charge < -0.3 is 14.7 Å². The highest BCUT2D eigenvalue weighted by molar-refractivity contribution is 6.54. The first-order chi connectivity index (χ1) is 12.7. The SMILES string of the molecule is C=CCN1C(=O)/C(=N\N=C\c2ccc(O)c(OCC)c2)c2ccccc21. The van der Waals surface area contributed by atoms with E-state index in [0.29, 0.717) is 30.2 Å². The van der Waals surface area contributed by atoms with Gasteiger partial charge in [0, 0.05) is 12.1 Å². The number of phenols is 1. The second-order valence-electron chi connectivity index (χ2n) is 5.57. The van der Waals surface area contributed by atoms with Gasteiger partial charge in [-0.1, -0.05) is 24.3 Å². The van der Waals surface area contributed by atoms with Crippen molar-refractivity contribution in [3.63, 3.8) is 0 Å². The van der Waals surface area contributed by atoms with Crippen LogP contribution in [-0.4, -0.2) is 36.1 Å². The number of para-hydroxylation sites is 1. The van der Waals surface area contributed by atoms with E-state index in [9.17, 15) is 9.90 Å². The molecular weight excluding hydrogens is 330 g/mol. The minimum Gasteiger partial charge on any atom is -0.504 e. The highest BCUT2D eigenvalue weighted by Crippen LogP contribution is 2.29. The Bertz CT molecular complexity index is 903. The van der Waals surface area contributed by atoms with Crippen molar-refractivity contribution >= 4 is 23.5 Å². The van der Waals surface area contributed by atoms with Gasteiger partial charge in [-0.05, 0) is 36.8 Å². The van der Waals surface area contributed by atoms with E-state index in [2.05, 4.69) is 16.8 Å². The van der Waals surface area contributed by atoms with E-state index in [4.69, 9.17) is 4.74 Å². The second kappa shape index (κ2) is 7.65. The predicted molar refractivity (Wildman–Crippen MR) is 102 cm³/mol. The van der Waals surface area contributed by atoms with Gasteiger partial charge in [-0.3, -0.25) is 4.79 Å². The van der Waals surface area contributed by atoms with Crippen LogP contribution in [0.3, 0.4) is 0 Å². The Morgan fingerprint density at radius 2 is 2.08 bits per heavy atom. The van der Waals surface area contributed by atoms with Crippen molar-refractivity contribution in [2.45, 2.75) is 6.92 Å². The summed E-state index contributed by atoms with van der Waals surface area (Å²) in [5, 5.41) is 17.9. The van der Waals surface area contributed by atoms with Gasteiger partial charge in [0.15, 0.2) is 17.2 Å². The monoisotopic (exact) mass is 349 g/mol. The van der Waals surface area contributed by atoms with E-state index in [0.717, 1.165) is 11.3 Å². The van der Waals surface area contributed by atoms with Gasteiger partial charge in [-0.2, -0.15) is 5.10 Å². The van der Waals surface area contributed by atoms with Gasteiger partial charge in [0.05, 0.1) is 18.5 Å². The zero-order chi connectivity index (χ0) is 18.5. The van der Waals surface area contributed by atoms with Gasteiger partial charge in [-0.15, -0.1) is 11.7 Å². The third-order valence-corrected chi connectivity index (χ3v) is 3.86. The zero-order valence-corrected chi connectivity index (χ0v) is 14.4. The quantitative estimate of drug-likeness (QED) is 0.494. The number of aromatic hydroxyl groups is 1. The summed E-state index contributed by atoms with van der Waals surface area (Å²) in [6.07, 6.45) is 3.19. The number of nitrogens with zero attached hydrogens (tertiary/aromatic N) is 3. The standard InChI is InChI=1S/C20H19N3O3/c1-3-11-23-16-8-6-5-7-15(16)19(20(23)25)22-21-13-14-9-10-17(24)18(12-14)26-4-2/h3,5-10,12-13,24H,1,4,11H2,2H3/b21-13+,22-19-. The lowest BCUT2D eigenvalue weighted by Gasteiger charge is -2.13. The van der Waals surface area contributed by atoms with Crippen molar-refractivity contribution < 1.29 is 14.6 Å². The van der Waals surface area contributed by atoms with E-state index in [1.54, 1.807) is 23.1 Å². The first-order valence-electron chi connectivity index (χ1n) is 8.24. The van der Waals surface area contributed by atoms with Crippen molar-refractivity contribution in [1.82, 2.24) is 0 Å². The van der Waals surface area contributed by atoms with Crippen molar-refractivity contribution in [3.8, 4) is 11.5 Å². The smallest absolute Gasteiger partial charge is 0.279 e. The van der Waals surface area contributed by atoms with Crippen LogP contribution >= 0.6 is 0 Å². The molecule has 2 aromatic carbocycles.